The van der Waals surface area contributed by atoms with Crippen molar-refractivity contribution in [3.8, 4) is 11.3 Å². The zero-order chi connectivity index (χ0) is 15.7. The van der Waals surface area contributed by atoms with E-state index < -0.39 is 12.1 Å². The smallest absolute Gasteiger partial charge is 0.339 e. The van der Waals surface area contributed by atoms with E-state index in [-0.39, 0.29) is 0 Å². The molecule has 0 aliphatic rings. The fraction of sp³-hybridized carbons (Fsp3) is 0.118. The molecular formula is C17H16N2O3. The molecule has 5 heteroatoms. The van der Waals surface area contributed by atoms with E-state index >= 15 is 0 Å². The largest absolute Gasteiger partial charge is 0.456 e. The van der Waals surface area contributed by atoms with E-state index in [4.69, 9.17) is 10.2 Å². The number of fused-ring (bicyclic) bond motifs is 1. The Hall–Kier alpha value is -2.79. The predicted molar refractivity (Wildman–Crippen MR) is 83.3 cm³/mol. The lowest BCUT2D eigenvalue weighted by Crippen LogP contribution is -2.34. The molecule has 1 aromatic heterocycles. The van der Waals surface area contributed by atoms with Gasteiger partial charge in [0.15, 0.2) is 0 Å². The van der Waals surface area contributed by atoms with Crippen LogP contribution in [0, 0.1) is 0 Å². The summed E-state index contributed by atoms with van der Waals surface area (Å²) < 4.78 is 5.83. The quantitative estimate of drug-likeness (QED) is 0.567. The molecule has 2 aromatic carbocycles. The number of nitrogens with two attached hydrogens (primary N) is 1. The molecule has 2 amide bonds. The lowest BCUT2D eigenvalue weighted by Gasteiger charge is -2.20. The molecule has 0 saturated carbocycles. The highest BCUT2D eigenvalue weighted by Crippen LogP contribution is 2.30. The normalized spacial score (nSPS) is 12.3. The van der Waals surface area contributed by atoms with Gasteiger partial charge in [-0.1, -0.05) is 36.4 Å². The second-order valence-corrected chi connectivity index (χ2v) is 5.13. The lowest BCUT2D eigenvalue weighted by atomic mass is 10.1. The number of hydrogen-bond donors (Lipinski definition) is 2. The van der Waals surface area contributed by atoms with Crippen LogP contribution in [0.3, 0.4) is 0 Å². The Kier molecular flexibility index (Phi) is 3.56. The Morgan fingerprint density at radius 1 is 1.18 bits per heavy atom. The van der Waals surface area contributed by atoms with Crippen molar-refractivity contribution in [1.29, 1.82) is 0 Å². The van der Waals surface area contributed by atoms with Gasteiger partial charge in [-0.15, -0.1) is 0 Å². The van der Waals surface area contributed by atoms with Crippen molar-refractivity contribution in [2.75, 3.05) is 0 Å². The highest BCUT2D eigenvalue weighted by molar-refractivity contribution is 5.83. The van der Waals surface area contributed by atoms with Crippen molar-refractivity contribution in [2.45, 2.75) is 13.0 Å². The first-order chi connectivity index (χ1) is 10.6. The first-order valence-corrected chi connectivity index (χ1v) is 6.92. The average molecular weight is 296 g/mol. The van der Waals surface area contributed by atoms with Gasteiger partial charge in [0, 0.05) is 10.9 Å². The highest BCUT2D eigenvalue weighted by atomic mass is 16.5. The number of furan rings is 1. The minimum absolute atomic E-state index is 0.513. The SMILES string of the molecule is CC(c1ccc2oc(-c3ccccc3)cc2c1)N(O)C(N)=O. The van der Waals surface area contributed by atoms with Gasteiger partial charge in [0.25, 0.3) is 0 Å². The molecule has 3 aromatic rings. The summed E-state index contributed by atoms with van der Waals surface area (Å²) in [4.78, 5) is 11.0. The summed E-state index contributed by atoms with van der Waals surface area (Å²) in [5.41, 5.74) is 7.60. The van der Waals surface area contributed by atoms with E-state index in [1.54, 1.807) is 13.0 Å². The first kappa shape index (κ1) is 14.2. The van der Waals surface area contributed by atoms with Crippen LogP contribution < -0.4 is 5.73 Å². The number of amides is 2. The number of carbonyl (C=O) groups is 1. The molecule has 5 nitrogen and oxygen atoms in total. The fourth-order valence-electron chi connectivity index (χ4n) is 2.40. The van der Waals surface area contributed by atoms with Crippen LogP contribution in [0.1, 0.15) is 18.5 Å². The summed E-state index contributed by atoms with van der Waals surface area (Å²) >= 11 is 0. The van der Waals surface area contributed by atoms with Crippen molar-refractivity contribution in [3.63, 3.8) is 0 Å². The number of rotatable bonds is 3. The molecule has 0 bridgehead atoms. The van der Waals surface area contributed by atoms with Crippen molar-refractivity contribution in [2.24, 2.45) is 5.73 Å². The molecule has 3 rings (SSSR count). The lowest BCUT2D eigenvalue weighted by molar-refractivity contribution is -0.0709. The van der Waals surface area contributed by atoms with E-state index in [0.29, 0.717) is 5.06 Å². The molecule has 0 saturated heterocycles. The van der Waals surface area contributed by atoms with Gasteiger partial charge in [0.1, 0.15) is 11.3 Å². The summed E-state index contributed by atoms with van der Waals surface area (Å²) in [6, 6.07) is 15.8. The average Bonchev–Trinajstić information content (AvgIpc) is 2.97. The van der Waals surface area contributed by atoms with Gasteiger partial charge >= 0.3 is 6.03 Å². The summed E-state index contributed by atoms with van der Waals surface area (Å²) in [5, 5.41) is 11.1. The van der Waals surface area contributed by atoms with Gasteiger partial charge in [0.05, 0.1) is 6.04 Å². The number of carbonyl (C=O) groups excluding carboxylic acids is 1. The zero-order valence-corrected chi connectivity index (χ0v) is 12.1. The third kappa shape index (κ3) is 2.54. The maximum Gasteiger partial charge on any atom is 0.339 e. The molecule has 0 aliphatic heterocycles. The Labute approximate surface area is 127 Å². The number of primary amides is 1. The van der Waals surface area contributed by atoms with Gasteiger partial charge in [-0.3, -0.25) is 5.21 Å². The molecule has 1 unspecified atom stereocenters. The van der Waals surface area contributed by atoms with Crippen molar-refractivity contribution >= 4 is 17.0 Å². The van der Waals surface area contributed by atoms with E-state index in [1.807, 2.05) is 48.5 Å². The van der Waals surface area contributed by atoms with Crippen molar-refractivity contribution in [3.05, 3.63) is 60.2 Å². The van der Waals surface area contributed by atoms with Crippen molar-refractivity contribution < 1.29 is 14.4 Å². The van der Waals surface area contributed by atoms with E-state index in [9.17, 15) is 10.0 Å². The fourth-order valence-corrected chi connectivity index (χ4v) is 2.40. The van der Waals surface area contributed by atoms with Crippen LogP contribution in [0.25, 0.3) is 22.3 Å². The molecule has 0 fully saturated rings. The molecule has 0 spiro atoms. The van der Waals surface area contributed by atoms with Crippen molar-refractivity contribution in [1.82, 2.24) is 5.06 Å². The summed E-state index contributed by atoms with van der Waals surface area (Å²) in [6.45, 7) is 1.70. The Morgan fingerprint density at radius 3 is 2.59 bits per heavy atom. The van der Waals surface area contributed by atoms with Gasteiger partial charge in [-0.25, -0.2) is 4.79 Å². The molecular weight excluding hydrogens is 280 g/mol. The van der Waals surface area contributed by atoms with Crippen LogP contribution in [0.4, 0.5) is 4.79 Å². The number of benzene rings is 2. The summed E-state index contributed by atoms with van der Waals surface area (Å²) in [5.74, 6) is 0.774. The van der Waals surface area contributed by atoms with E-state index in [2.05, 4.69) is 0 Å². The van der Waals surface area contributed by atoms with Crippen LogP contribution in [-0.4, -0.2) is 16.3 Å². The Bertz CT molecular complexity index is 811. The number of hydrogen-bond acceptors (Lipinski definition) is 3. The third-order valence-electron chi connectivity index (χ3n) is 3.67. The van der Waals surface area contributed by atoms with Gasteiger partial charge in [-0.2, -0.15) is 5.06 Å². The predicted octanol–water partition coefficient (Wildman–Crippen LogP) is 3.93. The molecule has 0 radical (unpaired) electrons. The van der Waals surface area contributed by atoms with Crippen LogP contribution in [-0.2, 0) is 0 Å². The minimum Gasteiger partial charge on any atom is -0.456 e. The maximum absolute atomic E-state index is 11.0. The molecule has 112 valence electrons. The van der Waals surface area contributed by atoms with E-state index in [1.165, 1.54) is 0 Å². The number of nitrogens with zero attached hydrogens (tertiary/aromatic N) is 1. The topological polar surface area (TPSA) is 79.7 Å². The second-order valence-electron chi connectivity index (χ2n) is 5.13. The number of hydroxylamine groups is 2. The molecule has 22 heavy (non-hydrogen) atoms. The minimum atomic E-state index is -0.884. The second kappa shape index (κ2) is 5.54. The van der Waals surface area contributed by atoms with E-state index in [0.717, 1.165) is 27.9 Å². The Balaban J connectivity index is 1.99. The van der Waals surface area contributed by atoms with Crippen LogP contribution in [0.2, 0.25) is 0 Å². The molecule has 1 heterocycles. The first-order valence-electron chi connectivity index (χ1n) is 6.92. The van der Waals surface area contributed by atoms with Gasteiger partial charge in [0.2, 0.25) is 0 Å². The highest BCUT2D eigenvalue weighted by Gasteiger charge is 2.18. The molecule has 3 N–H and O–H groups in total. The monoisotopic (exact) mass is 296 g/mol. The van der Waals surface area contributed by atoms with Crippen LogP contribution in [0.15, 0.2) is 59.0 Å². The van der Waals surface area contributed by atoms with Gasteiger partial charge in [-0.05, 0) is 30.7 Å². The maximum atomic E-state index is 11.0. The zero-order valence-electron chi connectivity index (χ0n) is 12.1. The Morgan fingerprint density at radius 2 is 1.91 bits per heavy atom. The summed E-state index contributed by atoms with van der Waals surface area (Å²) in [7, 11) is 0. The molecule has 1 atom stereocenters. The van der Waals surface area contributed by atoms with Gasteiger partial charge < -0.3 is 10.2 Å². The standard InChI is InChI=1S/C17H16N2O3/c1-11(19(21)17(18)20)13-7-8-15-14(9-13)10-16(22-15)12-5-3-2-4-6-12/h2-11,21H,1H3,(H2,18,20). The third-order valence-corrected chi connectivity index (χ3v) is 3.67. The molecule has 0 aliphatic carbocycles. The van der Waals surface area contributed by atoms with Crippen LogP contribution in [0.5, 0.6) is 0 Å². The summed E-state index contributed by atoms with van der Waals surface area (Å²) in [6.07, 6.45) is 0. The van der Waals surface area contributed by atoms with Crippen LogP contribution >= 0.6 is 0 Å². The number of urea groups is 1.